The molecule has 0 bridgehead atoms. The Bertz CT molecular complexity index is 77.3. The summed E-state index contributed by atoms with van der Waals surface area (Å²) >= 11 is 0. The smallest absolute Gasteiger partial charge is 0.0480 e. The molecule has 2 nitrogen and oxygen atoms in total. The van der Waals surface area contributed by atoms with Crippen LogP contribution in [0.25, 0.3) is 0 Å². The van der Waals surface area contributed by atoms with Crippen LogP contribution in [0.4, 0.5) is 0 Å². The first-order valence-electron chi connectivity index (χ1n) is 4.36. The van der Waals surface area contributed by atoms with E-state index < -0.39 is 0 Å². The van der Waals surface area contributed by atoms with Crippen molar-refractivity contribution in [2.45, 2.75) is 26.2 Å². The van der Waals surface area contributed by atoms with Gasteiger partial charge in [-0.15, -0.1) is 0 Å². The third-order valence-electron chi connectivity index (χ3n) is 2.03. The van der Waals surface area contributed by atoms with Crippen LogP contribution in [0.3, 0.4) is 0 Å². The molecule has 1 rings (SSSR count). The van der Waals surface area contributed by atoms with Gasteiger partial charge in [-0.25, -0.2) is 0 Å². The fraction of sp³-hybridized carbons (Fsp3) is 1.00. The van der Waals surface area contributed by atoms with E-state index >= 15 is 0 Å². The largest absolute Gasteiger partial charge is 0.305 e. The predicted molar refractivity (Wildman–Crippen MR) is 44.0 cm³/mol. The van der Waals surface area contributed by atoms with Crippen LogP contribution < -0.4 is 5.32 Å². The van der Waals surface area contributed by atoms with Gasteiger partial charge < -0.3 is 5.32 Å². The Labute approximate surface area is 63.6 Å². The number of likely N-dealkylation sites (tertiary alicyclic amines) is 1. The van der Waals surface area contributed by atoms with Gasteiger partial charge in [0.05, 0.1) is 0 Å². The van der Waals surface area contributed by atoms with Gasteiger partial charge in [-0.05, 0) is 32.5 Å². The van der Waals surface area contributed by atoms with Gasteiger partial charge in [0.15, 0.2) is 0 Å². The zero-order valence-electron chi connectivity index (χ0n) is 6.90. The van der Waals surface area contributed by atoms with Crippen molar-refractivity contribution in [2.24, 2.45) is 0 Å². The minimum Gasteiger partial charge on any atom is -0.305 e. The fourth-order valence-corrected chi connectivity index (χ4v) is 1.39. The summed E-state index contributed by atoms with van der Waals surface area (Å²) < 4.78 is 0. The summed E-state index contributed by atoms with van der Waals surface area (Å²) in [5.41, 5.74) is 0. The summed E-state index contributed by atoms with van der Waals surface area (Å²) in [6, 6.07) is 0. The lowest BCUT2D eigenvalue weighted by Gasteiger charge is -2.26. The van der Waals surface area contributed by atoms with E-state index in [1.54, 1.807) is 0 Å². The molecule has 0 spiro atoms. The molecule has 60 valence electrons. The first-order chi connectivity index (χ1) is 4.93. The summed E-state index contributed by atoms with van der Waals surface area (Å²) in [5.74, 6) is 0. The first kappa shape index (κ1) is 8.02. The molecule has 0 aromatic heterocycles. The minimum absolute atomic E-state index is 1.09. The van der Waals surface area contributed by atoms with Crippen molar-refractivity contribution in [3.05, 3.63) is 0 Å². The van der Waals surface area contributed by atoms with Gasteiger partial charge in [-0.3, -0.25) is 4.90 Å². The first-order valence-corrected chi connectivity index (χ1v) is 4.36. The van der Waals surface area contributed by atoms with Gasteiger partial charge in [0.25, 0.3) is 0 Å². The lowest BCUT2D eigenvalue weighted by molar-refractivity contribution is 0.214. The Morgan fingerprint density at radius 3 is 2.50 bits per heavy atom. The number of hydrogen-bond donors (Lipinski definition) is 1. The second-order valence-corrected chi connectivity index (χ2v) is 2.94. The van der Waals surface area contributed by atoms with Crippen molar-refractivity contribution in [2.75, 3.05) is 26.3 Å². The fourth-order valence-electron chi connectivity index (χ4n) is 1.39. The Balaban J connectivity index is 2.02. The second kappa shape index (κ2) is 4.69. The van der Waals surface area contributed by atoms with Gasteiger partial charge in [0.2, 0.25) is 0 Å². The van der Waals surface area contributed by atoms with Crippen molar-refractivity contribution >= 4 is 0 Å². The monoisotopic (exact) mass is 142 g/mol. The van der Waals surface area contributed by atoms with E-state index in [2.05, 4.69) is 17.1 Å². The van der Waals surface area contributed by atoms with Crippen molar-refractivity contribution in [3.63, 3.8) is 0 Å². The van der Waals surface area contributed by atoms with Crippen molar-refractivity contribution in [1.82, 2.24) is 10.2 Å². The van der Waals surface area contributed by atoms with Gasteiger partial charge in [-0.2, -0.15) is 0 Å². The molecule has 1 fully saturated rings. The maximum absolute atomic E-state index is 3.34. The molecule has 0 unspecified atom stereocenters. The highest BCUT2D eigenvalue weighted by atomic mass is 15.2. The van der Waals surface area contributed by atoms with Gasteiger partial charge in [0, 0.05) is 6.67 Å². The standard InChI is InChI=1S/C8H18N2/c1-2-9-8-10-6-4-3-5-7-10/h9H,2-8H2,1H3. The van der Waals surface area contributed by atoms with Crippen molar-refractivity contribution in [1.29, 1.82) is 0 Å². The third-order valence-corrected chi connectivity index (χ3v) is 2.03. The molecule has 1 heterocycles. The summed E-state index contributed by atoms with van der Waals surface area (Å²) in [5, 5.41) is 3.34. The molecule has 1 saturated heterocycles. The van der Waals surface area contributed by atoms with Crippen LogP contribution in [0.5, 0.6) is 0 Å². The summed E-state index contributed by atoms with van der Waals surface area (Å²) in [6.07, 6.45) is 4.22. The number of piperidine rings is 1. The molecule has 0 aliphatic carbocycles. The molecule has 1 N–H and O–H groups in total. The molecular weight excluding hydrogens is 124 g/mol. The molecule has 2 heteroatoms. The van der Waals surface area contributed by atoms with Crippen LogP contribution in [0, 0.1) is 0 Å². The van der Waals surface area contributed by atoms with E-state index in [1.165, 1.54) is 32.4 Å². The Morgan fingerprint density at radius 2 is 1.90 bits per heavy atom. The maximum atomic E-state index is 3.34. The number of nitrogens with zero attached hydrogens (tertiary/aromatic N) is 1. The molecular formula is C8H18N2. The highest BCUT2D eigenvalue weighted by molar-refractivity contribution is 4.62. The van der Waals surface area contributed by atoms with E-state index in [4.69, 9.17) is 0 Å². The number of rotatable bonds is 3. The summed E-state index contributed by atoms with van der Waals surface area (Å²) in [6.45, 7) is 6.94. The van der Waals surface area contributed by atoms with E-state index in [9.17, 15) is 0 Å². The highest BCUT2D eigenvalue weighted by Gasteiger charge is 2.07. The van der Waals surface area contributed by atoms with Crippen LogP contribution in [-0.4, -0.2) is 31.2 Å². The van der Waals surface area contributed by atoms with Crippen molar-refractivity contribution in [3.8, 4) is 0 Å². The van der Waals surface area contributed by atoms with Crippen LogP contribution >= 0.6 is 0 Å². The molecule has 0 aromatic carbocycles. The minimum atomic E-state index is 1.09. The molecule has 0 amide bonds. The number of hydrogen-bond acceptors (Lipinski definition) is 2. The Hall–Kier alpha value is -0.0800. The Kier molecular flexibility index (Phi) is 3.76. The third kappa shape index (κ3) is 2.67. The zero-order valence-corrected chi connectivity index (χ0v) is 6.90. The molecule has 0 radical (unpaired) electrons. The van der Waals surface area contributed by atoms with Crippen LogP contribution in [-0.2, 0) is 0 Å². The van der Waals surface area contributed by atoms with Crippen LogP contribution in [0.2, 0.25) is 0 Å². The van der Waals surface area contributed by atoms with Gasteiger partial charge in [-0.1, -0.05) is 13.3 Å². The second-order valence-electron chi connectivity index (χ2n) is 2.94. The quantitative estimate of drug-likeness (QED) is 0.633. The molecule has 0 aromatic rings. The highest BCUT2D eigenvalue weighted by Crippen LogP contribution is 2.06. The van der Waals surface area contributed by atoms with Gasteiger partial charge in [0.1, 0.15) is 0 Å². The molecule has 0 atom stereocenters. The topological polar surface area (TPSA) is 15.3 Å². The molecule has 0 saturated carbocycles. The average molecular weight is 142 g/mol. The Morgan fingerprint density at radius 1 is 1.20 bits per heavy atom. The van der Waals surface area contributed by atoms with E-state index in [0.717, 1.165) is 13.2 Å². The van der Waals surface area contributed by atoms with Crippen LogP contribution in [0.15, 0.2) is 0 Å². The molecule has 1 aliphatic rings. The normalized spacial score (nSPS) is 21.3. The predicted octanol–water partition coefficient (Wildman–Crippen LogP) is 1.04. The maximum Gasteiger partial charge on any atom is 0.0480 e. The zero-order chi connectivity index (χ0) is 7.23. The number of nitrogens with one attached hydrogen (secondary N) is 1. The summed E-state index contributed by atoms with van der Waals surface area (Å²) in [4.78, 5) is 2.49. The molecule has 1 aliphatic heterocycles. The lowest BCUT2D eigenvalue weighted by atomic mass is 10.1. The molecule has 10 heavy (non-hydrogen) atoms. The average Bonchev–Trinajstić information content (AvgIpc) is 2.03. The SMILES string of the molecule is CCNCN1CCCCC1. The van der Waals surface area contributed by atoms with Crippen LogP contribution in [0.1, 0.15) is 26.2 Å². The van der Waals surface area contributed by atoms with E-state index in [0.29, 0.717) is 0 Å². The van der Waals surface area contributed by atoms with Crippen molar-refractivity contribution < 1.29 is 0 Å². The lowest BCUT2D eigenvalue weighted by Crippen LogP contribution is -2.37. The summed E-state index contributed by atoms with van der Waals surface area (Å²) in [7, 11) is 0. The van der Waals surface area contributed by atoms with Gasteiger partial charge >= 0.3 is 0 Å². The van der Waals surface area contributed by atoms with E-state index in [-0.39, 0.29) is 0 Å². The van der Waals surface area contributed by atoms with E-state index in [1.807, 2.05) is 0 Å².